The Morgan fingerprint density at radius 1 is 1.41 bits per heavy atom. The summed E-state index contributed by atoms with van der Waals surface area (Å²) in [7, 11) is 0. The minimum absolute atomic E-state index is 0.186. The molecule has 0 saturated carbocycles. The summed E-state index contributed by atoms with van der Waals surface area (Å²) in [6.07, 6.45) is 5.26. The van der Waals surface area contributed by atoms with E-state index in [1.54, 1.807) is 0 Å². The van der Waals surface area contributed by atoms with Crippen molar-refractivity contribution >= 4 is 33.1 Å². The van der Waals surface area contributed by atoms with Gasteiger partial charge in [-0.2, -0.15) is 0 Å². The second-order valence-electron chi connectivity index (χ2n) is 4.62. The smallest absolute Gasteiger partial charge is 0.176 e. The van der Waals surface area contributed by atoms with E-state index in [9.17, 15) is 0 Å². The van der Waals surface area contributed by atoms with Crippen LogP contribution in [-0.2, 0) is 4.74 Å². The van der Waals surface area contributed by atoms with Gasteiger partial charge in [0.15, 0.2) is 11.5 Å². The number of hydrogen-bond acceptors (Lipinski definition) is 4. The first kappa shape index (κ1) is 17.1. The van der Waals surface area contributed by atoms with E-state index in [0.717, 1.165) is 28.1 Å². The van der Waals surface area contributed by atoms with Crippen molar-refractivity contribution in [3.05, 3.63) is 22.2 Å². The summed E-state index contributed by atoms with van der Waals surface area (Å²) in [6.45, 7) is 5.64. The fourth-order valence-electron chi connectivity index (χ4n) is 2.16. The molecule has 0 radical (unpaired) electrons. The molecule has 6 heteroatoms. The van der Waals surface area contributed by atoms with Crippen molar-refractivity contribution in [1.82, 2.24) is 4.90 Å². The Bertz CT molecular complexity index is 579. The summed E-state index contributed by atoms with van der Waals surface area (Å²) in [5, 5.41) is 0. The molecular weight excluding hydrogens is 366 g/mol. The van der Waals surface area contributed by atoms with Crippen molar-refractivity contribution in [2.75, 3.05) is 39.5 Å². The van der Waals surface area contributed by atoms with E-state index in [0.29, 0.717) is 31.3 Å². The lowest BCUT2D eigenvalue weighted by molar-refractivity contribution is 0.0693. The standard InChI is InChI=1S/C16H18BrNO3S/c1-3-7-21-15-13(17)10-12(11-14(15)20-4-2)16(22)18-5-8-19-9-6-18/h1,10-11H,4-9H2,2H3. The molecule has 0 aromatic heterocycles. The monoisotopic (exact) mass is 383 g/mol. The summed E-state index contributed by atoms with van der Waals surface area (Å²) in [6, 6.07) is 3.84. The van der Waals surface area contributed by atoms with Gasteiger partial charge in [0.1, 0.15) is 11.6 Å². The number of thiocarbonyl (C=S) groups is 1. The fraction of sp³-hybridized carbons (Fsp3) is 0.438. The van der Waals surface area contributed by atoms with E-state index < -0.39 is 0 Å². The van der Waals surface area contributed by atoms with Gasteiger partial charge in [-0.3, -0.25) is 0 Å². The van der Waals surface area contributed by atoms with Crippen molar-refractivity contribution in [3.8, 4) is 23.8 Å². The molecule has 1 aliphatic rings. The molecule has 1 aromatic rings. The number of nitrogens with zero attached hydrogens (tertiary/aromatic N) is 1. The fourth-order valence-corrected chi connectivity index (χ4v) is 3.01. The number of benzene rings is 1. The van der Waals surface area contributed by atoms with E-state index >= 15 is 0 Å². The van der Waals surface area contributed by atoms with Crippen molar-refractivity contribution in [2.45, 2.75) is 6.92 Å². The van der Waals surface area contributed by atoms with Crippen LogP contribution in [0.2, 0.25) is 0 Å². The molecular formula is C16H18BrNO3S. The molecule has 118 valence electrons. The van der Waals surface area contributed by atoms with Gasteiger partial charge in [-0.05, 0) is 35.0 Å². The van der Waals surface area contributed by atoms with Crippen molar-refractivity contribution in [2.24, 2.45) is 0 Å². The summed E-state index contributed by atoms with van der Waals surface area (Å²) in [4.78, 5) is 2.92. The van der Waals surface area contributed by atoms with Crippen LogP contribution in [0.1, 0.15) is 12.5 Å². The minimum atomic E-state index is 0.186. The normalized spacial score (nSPS) is 14.3. The molecule has 0 N–H and O–H groups in total. The molecule has 0 unspecified atom stereocenters. The van der Waals surface area contributed by atoms with Crippen molar-refractivity contribution in [3.63, 3.8) is 0 Å². The Kier molecular flexibility index (Phi) is 6.49. The lowest BCUT2D eigenvalue weighted by Gasteiger charge is -2.29. The molecule has 0 amide bonds. The average Bonchev–Trinajstić information content (AvgIpc) is 2.54. The summed E-state index contributed by atoms with van der Waals surface area (Å²) < 4.78 is 17.4. The highest BCUT2D eigenvalue weighted by atomic mass is 79.9. The molecule has 2 rings (SSSR count). The van der Waals surface area contributed by atoms with Crippen LogP contribution in [0, 0.1) is 12.3 Å². The first-order valence-electron chi connectivity index (χ1n) is 7.07. The van der Waals surface area contributed by atoms with Gasteiger partial charge in [0.2, 0.25) is 0 Å². The Morgan fingerprint density at radius 2 is 2.14 bits per heavy atom. The topological polar surface area (TPSA) is 30.9 Å². The Balaban J connectivity index is 2.28. The van der Waals surface area contributed by atoms with Crippen molar-refractivity contribution in [1.29, 1.82) is 0 Å². The zero-order chi connectivity index (χ0) is 15.9. The maximum Gasteiger partial charge on any atom is 0.176 e. The second-order valence-corrected chi connectivity index (χ2v) is 5.86. The predicted octanol–water partition coefficient (Wildman–Crippen LogP) is 2.87. The van der Waals surface area contributed by atoms with Crippen LogP contribution in [-0.4, -0.2) is 49.4 Å². The summed E-state index contributed by atoms with van der Waals surface area (Å²) in [5.74, 6) is 3.70. The van der Waals surface area contributed by atoms with Crippen LogP contribution in [0.4, 0.5) is 0 Å². The van der Waals surface area contributed by atoms with E-state index in [2.05, 4.69) is 26.8 Å². The van der Waals surface area contributed by atoms with Gasteiger partial charge < -0.3 is 19.1 Å². The Labute approximate surface area is 144 Å². The Morgan fingerprint density at radius 3 is 2.77 bits per heavy atom. The summed E-state index contributed by atoms with van der Waals surface area (Å²) in [5.41, 5.74) is 0.917. The average molecular weight is 384 g/mol. The first-order valence-corrected chi connectivity index (χ1v) is 8.27. The van der Waals surface area contributed by atoms with Gasteiger partial charge in [0, 0.05) is 18.7 Å². The molecule has 1 heterocycles. The van der Waals surface area contributed by atoms with Gasteiger partial charge in [-0.25, -0.2) is 0 Å². The highest BCUT2D eigenvalue weighted by Gasteiger charge is 2.19. The van der Waals surface area contributed by atoms with E-state index in [1.165, 1.54) is 0 Å². The maximum atomic E-state index is 5.67. The highest BCUT2D eigenvalue weighted by molar-refractivity contribution is 9.10. The number of halogens is 1. The zero-order valence-electron chi connectivity index (χ0n) is 12.4. The van der Waals surface area contributed by atoms with Gasteiger partial charge in [-0.1, -0.05) is 18.1 Å². The molecule has 4 nitrogen and oxygen atoms in total. The first-order chi connectivity index (χ1) is 10.7. The molecule has 1 aliphatic heterocycles. The number of terminal acetylenes is 1. The van der Waals surface area contributed by atoms with Gasteiger partial charge in [0.25, 0.3) is 0 Å². The van der Waals surface area contributed by atoms with Crippen LogP contribution in [0.3, 0.4) is 0 Å². The molecule has 0 bridgehead atoms. The highest BCUT2D eigenvalue weighted by Crippen LogP contribution is 2.37. The molecule has 0 spiro atoms. The van der Waals surface area contributed by atoms with Crippen molar-refractivity contribution < 1.29 is 14.2 Å². The molecule has 1 aromatic carbocycles. The quantitative estimate of drug-likeness (QED) is 0.576. The molecule has 1 fully saturated rings. The van der Waals surface area contributed by atoms with E-state index in [4.69, 9.17) is 32.9 Å². The zero-order valence-corrected chi connectivity index (χ0v) is 14.8. The number of morpholine rings is 1. The lowest BCUT2D eigenvalue weighted by atomic mass is 10.1. The predicted molar refractivity (Wildman–Crippen MR) is 93.7 cm³/mol. The van der Waals surface area contributed by atoms with Crippen LogP contribution in [0.5, 0.6) is 11.5 Å². The largest absolute Gasteiger partial charge is 0.490 e. The van der Waals surface area contributed by atoms with Gasteiger partial charge in [-0.15, -0.1) is 6.42 Å². The van der Waals surface area contributed by atoms with E-state index in [-0.39, 0.29) is 6.61 Å². The van der Waals surface area contributed by atoms with Gasteiger partial charge in [0.05, 0.1) is 24.3 Å². The molecule has 0 aliphatic carbocycles. The van der Waals surface area contributed by atoms with Gasteiger partial charge >= 0.3 is 0 Å². The molecule has 22 heavy (non-hydrogen) atoms. The van der Waals surface area contributed by atoms with Crippen LogP contribution in [0.25, 0.3) is 0 Å². The maximum absolute atomic E-state index is 5.67. The number of rotatable bonds is 5. The third-order valence-electron chi connectivity index (χ3n) is 3.15. The third kappa shape index (κ3) is 4.13. The van der Waals surface area contributed by atoms with E-state index in [1.807, 2.05) is 19.1 Å². The van der Waals surface area contributed by atoms with Crippen LogP contribution >= 0.6 is 28.1 Å². The lowest BCUT2D eigenvalue weighted by Crippen LogP contribution is -2.40. The van der Waals surface area contributed by atoms with Crippen LogP contribution < -0.4 is 9.47 Å². The van der Waals surface area contributed by atoms with Crippen LogP contribution in [0.15, 0.2) is 16.6 Å². The second kappa shape index (κ2) is 8.37. The summed E-state index contributed by atoms with van der Waals surface area (Å²) >= 11 is 9.11. The minimum Gasteiger partial charge on any atom is -0.490 e. The SMILES string of the molecule is C#CCOc1c(Br)cc(C(=S)N2CCOCC2)cc1OCC. The number of hydrogen-bond donors (Lipinski definition) is 0. The Hall–Kier alpha value is -1.29. The molecule has 0 atom stereocenters. The third-order valence-corrected chi connectivity index (χ3v) is 4.24. The molecule has 1 saturated heterocycles. The number of ether oxygens (including phenoxy) is 3.